The highest BCUT2D eigenvalue weighted by atomic mass is 16.5. The van der Waals surface area contributed by atoms with Crippen LogP contribution in [-0.2, 0) is 18.3 Å². The van der Waals surface area contributed by atoms with Crippen LogP contribution in [0.5, 0.6) is 5.75 Å². The topological polar surface area (TPSA) is 73.5 Å². The largest absolute Gasteiger partial charge is 0.497 e. The van der Waals surface area contributed by atoms with E-state index in [1.165, 1.54) is 4.57 Å². The number of aryl methyl sites for hydroxylation is 1. The quantitative estimate of drug-likeness (QED) is 0.802. The van der Waals surface area contributed by atoms with E-state index in [2.05, 4.69) is 5.32 Å². The monoisotopic (exact) mass is 312 g/mol. The van der Waals surface area contributed by atoms with Gasteiger partial charge in [-0.15, -0.1) is 0 Å². The molecule has 0 saturated heterocycles. The van der Waals surface area contributed by atoms with Crippen LogP contribution in [0, 0.1) is 0 Å². The maximum atomic E-state index is 12.1. The molecule has 1 amide bonds. The molecule has 0 aliphatic heterocycles. The van der Waals surface area contributed by atoms with E-state index in [9.17, 15) is 9.59 Å². The number of ether oxygens (including phenoxy) is 1. The molecule has 6 nitrogen and oxygen atoms in total. The Bertz CT molecular complexity index is 906. The summed E-state index contributed by atoms with van der Waals surface area (Å²) < 4.78 is 11.6. The standard InChI is InChI=1S/C17H16N2O4/c1-19-14-8-5-12(10-15(14)23-17(19)21)18-16(20)9-11-3-6-13(22-2)7-4-11/h3-8,10H,9H2,1-2H3,(H,18,20). The van der Waals surface area contributed by atoms with Crippen molar-refractivity contribution in [2.75, 3.05) is 12.4 Å². The molecule has 3 aromatic rings. The van der Waals surface area contributed by atoms with Crippen molar-refractivity contribution < 1.29 is 13.9 Å². The molecule has 0 radical (unpaired) electrons. The Balaban J connectivity index is 1.73. The van der Waals surface area contributed by atoms with Gasteiger partial charge in [0.1, 0.15) is 5.75 Å². The van der Waals surface area contributed by atoms with Gasteiger partial charge in [-0.3, -0.25) is 9.36 Å². The molecule has 0 spiro atoms. The highest BCUT2D eigenvalue weighted by Gasteiger charge is 2.09. The molecule has 3 rings (SSSR count). The number of hydrogen-bond acceptors (Lipinski definition) is 4. The lowest BCUT2D eigenvalue weighted by atomic mass is 10.1. The number of aromatic nitrogens is 1. The number of carbonyl (C=O) groups excluding carboxylic acids is 1. The van der Waals surface area contributed by atoms with Crippen molar-refractivity contribution in [1.82, 2.24) is 4.57 Å². The lowest BCUT2D eigenvalue weighted by molar-refractivity contribution is -0.115. The number of nitrogens with one attached hydrogen (secondary N) is 1. The minimum absolute atomic E-state index is 0.146. The number of benzene rings is 2. The first-order valence-corrected chi connectivity index (χ1v) is 7.09. The molecule has 0 aliphatic rings. The fourth-order valence-corrected chi connectivity index (χ4v) is 2.35. The van der Waals surface area contributed by atoms with Gasteiger partial charge in [-0.1, -0.05) is 12.1 Å². The lowest BCUT2D eigenvalue weighted by Crippen LogP contribution is -2.14. The van der Waals surface area contributed by atoms with Gasteiger partial charge in [-0.2, -0.15) is 0 Å². The Labute approximate surface area is 132 Å². The second-order valence-corrected chi connectivity index (χ2v) is 5.18. The summed E-state index contributed by atoms with van der Waals surface area (Å²) in [6, 6.07) is 12.4. The molecule has 0 atom stereocenters. The van der Waals surface area contributed by atoms with Gasteiger partial charge in [0, 0.05) is 18.8 Å². The van der Waals surface area contributed by atoms with Gasteiger partial charge in [0.15, 0.2) is 5.58 Å². The molecule has 23 heavy (non-hydrogen) atoms. The summed E-state index contributed by atoms with van der Waals surface area (Å²) in [7, 11) is 3.23. The summed E-state index contributed by atoms with van der Waals surface area (Å²) in [5.74, 6) is 0.174. The molecule has 0 bridgehead atoms. The molecule has 1 aromatic heterocycles. The average Bonchev–Trinajstić information content (AvgIpc) is 2.82. The summed E-state index contributed by atoms with van der Waals surface area (Å²) in [5, 5.41) is 2.80. The molecule has 0 saturated carbocycles. The van der Waals surface area contributed by atoms with E-state index in [1.807, 2.05) is 24.3 Å². The molecule has 1 N–H and O–H groups in total. The molecular formula is C17H16N2O4. The van der Waals surface area contributed by atoms with Crippen LogP contribution in [-0.4, -0.2) is 17.6 Å². The van der Waals surface area contributed by atoms with Crippen LogP contribution in [0.15, 0.2) is 51.7 Å². The third-order valence-electron chi connectivity index (χ3n) is 3.60. The second kappa shape index (κ2) is 6.00. The van der Waals surface area contributed by atoms with Crippen molar-refractivity contribution >= 4 is 22.7 Å². The first-order chi connectivity index (χ1) is 11.1. The lowest BCUT2D eigenvalue weighted by Gasteiger charge is -2.06. The third-order valence-corrected chi connectivity index (χ3v) is 3.60. The molecule has 0 fully saturated rings. The molecule has 6 heteroatoms. The summed E-state index contributed by atoms with van der Waals surface area (Å²) in [4.78, 5) is 23.6. The van der Waals surface area contributed by atoms with Crippen LogP contribution in [0.3, 0.4) is 0 Å². The van der Waals surface area contributed by atoms with Gasteiger partial charge in [0.2, 0.25) is 5.91 Å². The van der Waals surface area contributed by atoms with E-state index in [4.69, 9.17) is 9.15 Å². The smallest absolute Gasteiger partial charge is 0.419 e. The fraction of sp³-hybridized carbons (Fsp3) is 0.176. The Morgan fingerprint density at radius 2 is 1.96 bits per heavy atom. The van der Waals surface area contributed by atoms with E-state index >= 15 is 0 Å². The number of methoxy groups -OCH3 is 1. The van der Waals surface area contributed by atoms with Crippen LogP contribution in [0.1, 0.15) is 5.56 Å². The number of carbonyl (C=O) groups is 1. The zero-order valence-corrected chi connectivity index (χ0v) is 12.8. The second-order valence-electron chi connectivity index (χ2n) is 5.18. The van der Waals surface area contributed by atoms with Gasteiger partial charge < -0.3 is 14.5 Å². The molecular weight excluding hydrogens is 296 g/mol. The Hall–Kier alpha value is -3.02. The number of nitrogens with zero attached hydrogens (tertiary/aromatic N) is 1. The maximum absolute atomic E-state index is 12.1. The maximum Gasteiger partial charge on any atom is 0.419 e. The van der Waals surface area contributed by atoms with E-state index < -0.39 is 5.76 Å². The van der Waals surface area contributed by atoms with Gasteiger partial charge >= 0.3 is 5.76 Å². The van der Waals surface area contributed by atoms with Crippen molar-refractivity contribution in [3.05, 3.63) is 58.6 Å². The van der Waals surface area contributed by atoms with Crippen molar-refractivity contribution in [3.8, 4) is 5.75 Å². The van der Waals surface area contributed by atoms with Crippen molar-refractivity contribution in [1.29, 1.82) is 0 Å². The van der Waals surface area contributed by atoms with E-state index in [-0.39, 0.29) is 12.3 Å². The Kier molecular flexibility index (Phi) is 3.89. The normalized spacial score (nSPS) is 10.7. The van der Waals surface area contributed by atoms with E-state index in [0.717, 1.165) is 11.3 Å². The number of anilines is 1. The zero-order valence-electron chi connectivity index (χ0n) is 12.8. The van der Waals surface area contributed by atoms with Gasteiger partial charge in [-0.25, -0.2) is 4.79 Å². The SMILES string of the molecule is COc1ccc(CC(=O)Nc2ccc3c(c2)oc(=O)n3C)cc1. The first-order valence-electron chi connectivity index (χ1n) is 7.09. The first kappa shape index (κ1) is 14.9. The number of fused-ring (bicyclic) bond motifs is 1. The summed E-state index contributed by atoms with van der Waals surface area (Å²) in [5.41, 5.74) is 2.60. The third kappa shape index (κ3) is 3.11. The number of oxazole rings is 1. The van der Waals surface area contributed by atoms with Gasteiger partial charge in [-0.05, 0) is 29.8 Å². The highest BCUT2D eigenvalue weighted by molar-refractivity contribution is 5.94. The minimum atomic E-state index is -0.429. The Morgan fingerprint density at radius 1 is 1.22 bits per heavy atom. The van der Waals surface area contributed by atoms with Crippen molar-refractivity contribution in [2.24, 2.45) is 7.05 Å². The van der Waals surface area contributed by atoms with Crippen LogP contribution in [0.2, 0.25) is 0 Å². The Morgan fingerprint density at radius 3 is 2.65 bits per heavy atom. The molecule has 1 heterocycles. The molecule has 0 aliphatic carbocycles. The van der Waals surface area contributed by atoms with E-state index in [0.29, 0.717) is 16.8 Å². The summed E-state index contributed by atoms with van der Waals surface area (Å²) in [6.07, 6.45) is 0.251. The van der Waals surface area contributed by atoms with Crippen LogP contribution in [0.4, 0.5) is 5.69 Å². The predicted octanol–water partition coefficient (Wildman–Crippen LogP) is 2.32. The summed E-state index contributed by atoms with van der Waals surface area (Å²) >= 11 is 0. The van der Waals surface area contributed by atoms with Gasteiger partial charge in [0.05, 0.1) is 19.0 Å². The molecule has 118 valence electrons. The molecule has 0 unspecified atom stereocenters. The number of rotatable bonds is 4. The number of hydrogen-bond donors (Lipinski definition) is 1. The predicted molar refractivity (Wildman–Crippen MR) is 86.8 cm³/mol. The minimum Gasteiger partial charge on any atom is -0.497 e. The van der Waals surface area contributed by atoms with Crippen LogP contribution < -0.4 is 15.8 Å². The van der Waals surface area contributed by atoms with Crippen LogP contribution >= 0.6 is 0 Å². The summed E-state index contributed by atoms with van der Waals surface area (Å²) in [6.45, 7) is 0. The van der Waals surface area contributed by atoms with Crippen molar-refractivity contribution in [3.63, 3.8) is 0 Å². The highest BCUT2D eigenvalue weighted by Crippen LogP contribution is 2.18. The number of amides is 1. The van der Waals surface area contributed by atoms with Crippen molar-refractivity contribution in [2.45, 2.75) is 6.42 Å². The van der Waals surface area contributed by atoms with Crippen LogP contribution in [0.25, 0.3) is 11.1 Å². The fourth-order valence-electron chi connectivity index (χ4n) is 2.35. The van der Waals surface area contributed by atoms with E-state index in [1.54, 1.807) is 32.4 Å². The zero-order chi connectivity index (χ0) is 16.4. The average molecular weight is 312 g/mol. The van der Waals surface area contributed by atoms with Gasteiger partial charge in [0.25, 0.3) is 0 Å². The molecule has 2 aromatic carbocycles.